The summed E-state index contributed by atoms with van der Waals surface area (Å²) in [4.78, 5) is 49.6. The standard InChI is InChI=1S/C22H19N3O8.2ClH.H2O/c1-24-7-13(27)25-11-3-2-8-4-9-5-10-6-12(26)16(21(23)32)20(31)22(10,33)19(30)15(9)18(29)14(8)17(11)28;;;/h2-6,16,24,26,28-29,33H,7H2,1H3,(H2,23,32)(H,25,27);2*1H;1H2. The van der Waals surface area contributed by atoms with Crippen LogP contribution in [0.4, 0.5) is 5.69 Å². The van der Waals surface area contributed by atoms with Crippen molar-refractivity contribution in [2.24, 2.45) is 11.7 Å². The van der Waals surface area contributed by atoms with Crippen LogP contribution in [0.2, 0.25) is 0 Å². The normalized spacial score (nSPS) is 19.9. The smallest absolute Gasteiger partial charge is 0.238 e. The van der Waals surface area contributed by atoms with Crippen molar-refractivity contribution in [2.45, 2.75) is 5.60 Å². The predicted molar refractivity (Wildman–Crippen MR) is 134 cm³/mol. The zero-order valence-corrected chi connectivity index (χ0v) is 20.1. The summed E-state index contributed by atoms with van der Waals surface area (Å²) in [5.41, 5.74) is 1.57. The van der Waals surface area contributed by atoms with E-state index in [4.69, 9.17) is 5.73 Å². The molecular formula is C22H23Cl2N3O9. The van der Waals surface area contributed by atoms with Crippen LogP contribution >= 0.6 is 24.8 Å². The number of nitrogens with two attached hydrogens (primary N) is 1. The van der Waals surface area contributed by atoms with E-state index >= 15 is 0 Å². The van der Waals surface area contributed by atoms with E-state index in [9.17, 15) is 39.6 Å². The molecule has 2 aliphatic rings. The number of likely N-dealkylation sites (N-methyl/N-ethyl adjacent to an activating group) is 1. The van der Waals surface area contributed by atoms with Crippen LogP contribution in [0.3, 0.4) is 0 Å². The maximum atomic E-state index is 13.3. The van der Waals surface area contributed by atoms with Crippen molar-refractivity contribution in [3.63, 3.8) is 0 Å². The number of aliphatic hydroxyl groups is 2. The summed E-state index contributed by atoms with van der Waals surface area (Å²) in [6, 6.07) is 4.30. The van der Waals surface area contributed by atoms with E-state index in [0.717, 1.165) is 6.08 Å². The van der Waals surface area contributed by atoms with Crippen LogP contribution in [0.15, 0.2) is 35.6 Å². The van der Waals surface area contributed by atoms with Gasteiger partial charge in [-0.1, -0.05) is 6.07 Å². The molecule has 2 amide bonds. The monoisotopic (exact) mass is 543 g/mol. The predicted octanol–water partition coefficient (Wildman–Crippen LogP) is -0.135. The van der Waals surface area contributed by atoms with E-state index in [-0.39, 0.29) is 64.4 Å². The molecule has 0 spiro atoms. The number of ketones is 2. The van der Waals surface area contributed by atoms with Crippen molar-refractivity contribution in [1.82, 2.24) is 5.32 Å². The van der Waals surface area contributed by atoms with E-state index in [1.807, 2.05) is 0 Å². The van der Waals surface area contributed by atoms with Gasteiger partial charge in [-0.05, 0) is 42.3 Å². The molecule has 0 aromatic heterocycles. The Hall–Kier alpha value is -3.68. The van der Waals surface area contributed by atoms with Crippen molar-refractivity contribution in [3.05, 3.63) is 46.7 Å². The molecule has 4 rings (SSSR count). The first-order valence-corrected chi connectivity index (χ1v) is 9.72. The van der Waals surface area contributed by atoms with Gasteiger partial charge in [0, 0.05) is 5.57 Å². The molecule has 12 nitrogen and oxygen atoms in total. The van der Waals surface area contributed by atoms with Gasteiger partial charge in [0.25, 0.3) is 0 Å². The fourth-order valence-corrected chi connectivity index (χ4v) is 4.13. The van der Waals surface area contributed by atoms with Crippen LogP contribution < -0.4 is 16.4 Å². The minimum Gasteiger partial charge on any atom is -0.511 e. The fraction of sp³-hybridized carbons (Fsp3) is 0.182. The second-order valence-electron chi connectivity index (χ2n) is 7.74. The van der Waals surface area contributed by atoms with Crippen LogP contribution in [0, 0.1) is 5.92 Å². The van der Waals surface area contributed by atoms with Crippen LogP contribution in [0.1, 0.15) is 15.9 Å². The largest absolute Gasteiger partial charge is 0.511 e. The molecule has 2 unspecified atom stereocenters. The first kappa shape index (κ1) is 30.4. The Labute approximate surface area is 215 Å². The maximum absolute atomic E-state index is 13.3. The summed E-state index contributed by atoms with van der Waals surface area (Å²) in [7, 11) is 1.56. The zero-order chi connectivity index (χ0) is 24.2. The highest BCUT2D eigenvalue weighted by molar-refractivity contribution is 6.30. The average Bonchev–Trinajstić information content (AvgIpc) is 2.72. The number of hydrogen-bond acceptors (Lipinski definition) is 9. The molecule has 0 fully saturated rings. The molecule has 2 aliphatic carbocycles. The molecule has 0 saturated carbocycles. The first-order chi connectivity index (χ1) is 15.5. The molecule has 0 saturated heterocycles. The highest BCUT2D eigenvalue weighted by atomic mass is 35.5. The van der Waals surface area contributed by atoms with E-state index in [2.05, 4.69) is 10.6 Å². The van der Waals surface area contributed by atoms with Crippen LogP contribution in [-0.2, 0) is 14.4 Å². The van der Waals surface area contributed by atoms with Gasteiger partial charge in [-0.15, -0.1) is 24.8 Å². The molecule has 2 aromatic rings. The topological polar surface area (TPSA) is 231 Å². The lowest BCUT2D eigenvalue weighted by Crippen LogP contribution is -2.56. The number of primary amides is 1. The zero-order valence-electron chi connectivity index (χ0n) is 18.5. The molecular weight excluding hydrogens is 521 g/mol. The summed E-state index contributed by atoms with van der Waals surface area (Å²) >= 11 is 0. The Kier molecular flexibility index (Phi) is 8.87. The Balaban J connectivity index is 0.00000216. The molecule has 0 radical (unpaired) electrons. The van der Waals surface area contributed by atoms with E-state index in [1.54, 1.807) is 7.05 Å². The Bertz CT molecular complexity index is 1360. The number of carbonyl (C=O) groups is 4. The maximum Gasteiger partial charge on any atom is 0.238 e. The van der Waals surface area contributed by atoms with E-state index in [0.29, 0.717) is 0 Å². The third-order valence-corrected chi connectivity index (χ3v) is 5.68. The number of carbonyl (C=O) groups excluding carboxylic acids is 4. The number of aromatic hydroxyl groups is 2. The Morgan fingerprint density at radius 1 is 1.08 bits per heavy atom. The van der Waals surface area contributed by atoms with Crippen LogP contribution in [0.25, 0.3) is 16.8 Å². The minimum absolute atomic E-state index is 0. The van der Waals surface area contributed by atoms with Gasteiger partial charge >= 0.3 is 0 Å². The van der Waals surface area contributed by atoms with E-state index in [1.165, 1.54) is 24.3 Å². The molecule has 10 N–H and O–H groups in total. The van der Waals surface area contributed by atoms with Crippen molar-refractivity contribution < 1.29 is 45.1 Å². The van der Waals surface area contributed by atoms with Crippen molar-refractivity contribution in [2.75, 3.05) is 18.9 Å². The average molecular weight is 544 g/mol. The van der Waals surface area contributed by atoms with Gasteiger partial charge in [0.15, 0.2) is 17.5 Å². The number of hydrogen-bond donors (Lipinski definition) is 7. The van der Waals surface area contributed by atoms with Crippen molar-refractivity contribution in [1.29, 1.82) is 0 Å². The Morgan fingerprint density at radius 3 is 2.31 bits per heavy atom. The van der Waals surface area contributed by atoms with Crippen LogP contribution in [0.5, 0.6) is 11.5 Å². The van der Waals surface area contributed by atoms with Crippen molar-refractivity contribution >= 4 is 70.7 Å². The summed E-state index contributed by atoms with van der Waals surface area (Å²) < 4.78 is 0. The number of rotatable bonds is 4. The number of phenols is 2. The fourth-order valence-electron chi connectivity index (χ4n) is 4.13. The second-order valence-corrected chi connectivity index (χ2v) is 7.74. The van der Waals surface area contributed by atoms with Gasteiger partial charge < -0.3 is 42.3 Å². The second kappa shape index (κ2) is 10.5. The van der Waals surface area contributed by atoms with Crippen molar-refractivity contribution in [3.8, 4) is 11.5 Å². The first-order valence-electron chi connectivity index (χ1n) is 9.72. The lowest BCUT2D eigenvalue weighted by molar-refractivity contribution is -0.140. The number of Topliss-reactive ketones (excluding diaryl/α,β-unsaturated/α-hetero) is 2. The molecule has 194 valence electrons. The lowest BCUT2D eigenvalue weighted by Gasteiger charge is -2.36. The molecule has 14 heteroatoms. The van der Waals surface area contributed by atoms with Gasteiger partial charge in [0.1, 0.15) is 11.5 Å². The summed E-state index contributed by atoms with van der Waals surface area (Å²) in [6.45, 7) is -0.0454. The van der Waals surface area contributed by atoms with Gasteiger partial charge in [-0.25, -0.2) is 0 Å². The molecule has 2 atom stereocenters. The number of amides is 2. The van der Waals surface area contributed by atoms with Gasteiger partial charge in [-0.2, -0.15) is 0 Å². The van der Waals surface area contributed by atoms with Gasteiger partial charge in [-0.3, -0.25) is 19.2 Å². The number of phenolic OH excluding ortho intramolecular Hbond substituents is 2. The van der Waals surface area contributed by atoms with Gasteiger partial charge in [0.2, 0.25) is 23.2 Å². The molecule has 0 bridgehead atoms. The number of halogens is 2. The molecule has 36 heavy (non-hydrogen) atoms. The molecule has 0 heterocycles. The third kappa shape index (κ3) is 4.25. The third-order valence-electron chi connectivity index (χ3n) is 5.68. The molecule has 2 aromatic carbocycles. The highest BCUT2D eigenvalue weighted by Gasteiger charge is 2.57. The number of fused-ring (bicyclic) bond motifs is 3. The van der Waals surface area contributed by atoms with Gasteiger partial charge in [0.05, 0.1) is 23.2 Å². The SMILES string of the molecule is CNCC(=O)Nc1ccc2cc3c(c(O)c2c1O)C(=O)C1(O)C(=O)C(C(N)=O)C(O)=CC1=C3.Cl.Cl.O. The summed E-state index contributed by atoms with van der Waals surface area (Å²) in [6.07, 6.45) is 2.12. The number of benzene rings is 2. The number of nitrogens with one attached hydrogen (secondary N) is 2. The Morgan fingerprint density at radius 2 is 1.72 bits per heavy atom. The quantitative estimate of drug-likeness (QED) is 0.200. The van der Waals surface area contributed by atoms with E-state index < -0.39 is 57.7 Å². The van der Waals surface area contributed by atoms with Crippen LogP contribution in [-0.4, -0.2) is 68.5 Å². The lowest BCUT2D eigenvalue weighted by atomic mass is 9.68. The molecule has 0 aliphatic heterocycles. The minimum atomic E-state index is -2.88. The number of aliphatic hydroxyl groups excluding tert-OH is 1. The highest BCUT2D eigenvalue weighted by Crippen LogP contribution is 2.47. The number of anilines is 1. The summed E-state index contributed by atoms with van der Waals surface area (Å²) in [5.74, 6) is -8.27. The summed E-state index contributed by atoms with van der Waals surface area (Å²) in [5, 5.41) is 47.9.